The van der Waals surface area contributed by atoms with Crippen molar-refractivity contribution >= 4 is 23.5 Å². The molecule has 2 unspecified atom stereocenters. The number of phosphoric ester groups is 3. The molecule has 0 aromatic carbocycles. The van der Waals surface area contributed by atoms with Crippen LogP contribution in [0.1, 0.15) is 25.7 Å². The first-order valence-electron chi connectivity index (χ1n) is 11.1. The van der Waals surface area contributed by atoms with Gasteiger partial charge in [-0.3, -0.25) is 22.6 Å². The topological polar surface area (TPSA) is 326 Å². The lowest BCUT2D eigenvalue weighted by Gasteiger charge is -2.25. The van der Waals surface area contributed by atoms with Crippen molar-refractivity contribution in [3.63, 3.8) is 0 Å². The van der Waals surface area contributed by atoms with Crippen molar-refractivity contribution in [2.24, 2.45) is 5.73 Å². The Kier molecular flexibility index (Phi) is 18.5. The van der Waals surface area contributed by atoms with Gasteiger partial charge in [0.15, 0.2) is 0 Å². The first-order chi connectivity index (χ1) is 17.4. The van der Waals surface area contributed by atoms with E-state index in [4.69, 9.17) is 20.0 Å². The highest BCUT2D eigenvalue weighted by Gasteiger charge is 2.34. The second kappa shape index (κ2) is 18.5. The molecule has 0 radical (unpaired) electrons. The molecule has 0 saturated carbocycles. The highest BCUT2D eigenvalue weighted by atomic mass is 31.2. The van der Waals surface area contributed by atoms with Gasteiger partial charge in [0, 0.05) is 0 Å². The monoisotopic (exact) mass is 625 g/mol. The van der Waals surface area contributed by atoms with Crippen molar-refractivity contribution in [1.82, 2.24) is 0 Å². The number of hydrogen-bond donors (Lipinski definition) is 11. The fourth-order valence-electron chi connectivity index (χ4n) is 2.45. The molecule has 0 rings (SSSR count). The highest BCUT2D eigenvalue weighted by Crippen LogP contribution is 2.44. The van der Waals surface area contributed by atoms with Gasteiger partial charge in [-0.15, -0.1) is 0 Å². The molecule has 0 aromatic heterocycles. The molecule has 22 heteroatoms. The molecule has 0 fully saturated rings. The number of phosphoric acid groups is 3. The van der Waals surface area contributed by atoms with Crippen molar-refractivity contribution in [2.45, 2.75) is 62.3 Å². The van der Waals surface area contributed by atoms with E-state index in [0.29, 0.717) is 19.4 Å². The summed E-state index contributed by atoms with van der Waals surface area (Å²) in [6.07, 6.45) is -9.59. The van der Waals surface area contributed by atoms with Crippen molar-refractivity contribution in [1.29, 1.82) is 0 Å². The first kappa shape index (κ1) is 38.0. The maximum Gasteiger partial charge on any atom is 0.472 e. The lowest BCUT2D eigenvalue weighted by atomic mass is 10.1. The zero-order valence-corrected chi connectivity index (χ0v) is 22.9. The second-order valence-electron chi connectivity index (χ2n) is 7.90. The van der Waals surface area contributed by atoms with Crippen LogP contribution in [0.2, 0.25) is 0 Å². The van der Waals surface area contributed by atoms with Crippen molar-refractivity contribution in [2.75, 3.05) is 39.6 Å². The number of rotatable bonds is 23. The molecular weight excluding hydrogens is 587 g/mol. The van der Waals surface area contributed by atoms with Crippen LogP contribution in [0.25, 0.3) is 0 Å². The molecule has 0 heterocycles. The Morgan fingerprint density at radius 1 is 0.526 bits per heavy atom. The van der Waals surface area contributed by atoms with Crippen LogP contribution in [-0.4, -0.2) is 126 Å². The van der Waals surface area contributed by atoms with Crippen LogP contribution in [0, 0.1) is 0 Å². The summed E-state index contributed by atoms with van der Waals surface area (Å²) < 4.78 is 56.1. The third-order valence-electron chi connectivity index (χ3n) is 4.57. The molecule has 0 aliphatic rings. The first-order valence-corrected chi connectivity index (χ1v) is 15.6. The Bertz CT molecular complexity index is 785. The SMILES string of the molecule is NCCCCCCOP(=O)(O)OC[C@@H](O)[C@@H](O)[C@@H](O)COP(=O)(O)OC[C@@H](O)[C@@H](O)[C@@H](O)COP(=O)(O)O. The molecule has 0 saturated heterocycles. The Labute approximate surface area is 218 Å². The van der Waals surface area contributed by atoms with E-state index in [0.717, 1.165) is 12.8 Å². The second-order valence-corrected chi connectivity index (χ2v) is 12.0. The number of hydrogen-bond acceptors (Lipinski definition) is 15. The molecule has 8 atom stereocenters. The van der Waals surface area contributed by atoms with Crippen LogP contribution in [0.15, 0.2) is 0 Å². The summed E-state index contributed by atoms with van der Waals surface area (Å²) in [6, 6.07) is 0. The quantitative estimate of drug-likeness (QED) is 0.0399. The number of nitrogens with two attached hydrogens (primary N) is 1. The van der Waals surface area contributed by atoms with E-state index in [1.807, 2.05) is 0 Å². The fourth-order valence-corrected chi connectivity index (χ4v) is 4.33. The largest absolute Gasteiger partial charge is 0.472 e. The number of aliphatic hydroxyl groups is 6. The van der Waals surface area contributed by atoms with Crippen molar-refractivity contribution < 1.29 is 86.5 Å². The summed E-state index contributed by atoms with van der Waals surface area (Å²) in [5.41, 5.74) is 5.34. The maximum atomic E-state index is 11.9. The average Bonchev–Trinajstić information content (AvgIpc) is 2.83. The zero-order valence-electron chi connectivity index (χ0n) is 20.2. The van der Waals surface area contributed by atoms with Gasteiger partial charge in [-0.2, -0.15) is 0 Å². The van der Waals surface area contributed by atoms with E-state index in [9.17, 15) is 54.1 Å². The van der Waals surface area contributed by atoms with Gasteiger partial charge in [-0.05, 0) is 19.4 Å². The molecule has 0 aliphatic carbocycles. The van der Waals surface area contributed by atoms with Gasteiger partial charge in [0.2, 0.25) is 0 Å². The molecule has 0 amide bonds. The van der Waals surface area contributed by atoms with E-state index in [2.05, 4.69) is 18.1 Å². The van der Waals surface area contributed by atoms with Gasteiger partial charge >= 0.3 is 23.5 Å². The standard InChI is InChI=1S/C16H38NO18P3/c17-5-3-1-2-4-6-31-37(27,28)33-8-12(19)16(23)14(21)10-35-38(29,30)34-9-13(20)15(22)11(18)7-32-36(24,25)26/h11-16,18-23H,1-10,17H2,(H,27,28)(H,29,30)(H2,24,25,26)/t11-,12+,13+,14-,15-,16+/m0/s1. The maximum absolute atomic E-state index is 11.9. The predicted octanol–water partition coefficient (Wildman–Crippen LogP) is -2.95. The summed E-state index contributed by atoms with van der Waals surface area (Å²) in [7, 11) is -14.6. The van der Waals surface area contributed by atoms with Gasteiger partial charge in [0.1, 0.15) is 36.6 Å². The minimum atomic E-state index is -5.05. The van der Waals surface area contributed by atoms with E-state index in [1.54, 1.807) is 0 Å². The van der Waals surface area contributed by atoms with Gasteiger partial charge in [-0.1, -0.05) is 12.8 Å². The molecule has 0 spiro atoms. The fraction of sp³-hybridized carbons (Fsp3) is 1.00. The van der Waals surface area contributed by atoms with Crippen LogP contribution in [0.3, 0.4) is 0 Å². The molecule has 38 heavy (non-hydrogen) atoms. The van der Waals surface area contributed by atoms with Crippen LogP contribution >= 0.6 is 23.5 Å². The van der Waals surface area contributed by atoms with Gasteiger partial charge in [0.05, 0.1) is 33.0 Å². The lowest BCUT2D eigenvalue weighted by Crippen LogP contribution is -2.42. The van der Waals surface area contributed by atoms with Crippen molar-refractivity contribution in [3.05, 3.63) is 0 Å². The molecule has 12 N–H and O–H groups in total. The zero-order chi connectivity index (χ0) is 29.6. The Morgan fingerprint density at radius 3 is 1.24 bits per heavy atom. The average molecular weight is 625 g/mol. The lowest BCUT2D eigenvalue weighted by molar-refractivity contribution is -0.0958. The Hall–Kier alpha value is 0.0500. The van der Waals surface area contributed by atoms with Gasteiger partial charge < -0.3 is 55.9 Å². The summed E-state index contributed by atoms with van der Waals surface area (Å²) >= 11 is 0. The summed E-state index contributed by atoms with van der Waals surface area (Å²) in [5, 5.41) is 58.4. The van der Waals surface area contributed by atoms with Crippen LogP contribution in [0.4, 0.5) is 0 Å². The smallest absolute Gasteiger partial charge is 0.388 e. The highest BCUT2D eigenvalue weighted by molar-refractivity contribution is 7.47. The number of aliphatic hydroxyl groups excluding tert-OH is 6. The van der Waals surface area contributed by atoms with E-state index in [-0.39, 0.29) is 6.61 Å². The number of unbranched alkanes of at least 4 members (excludes halogenated alkanes) is 3. The minimum absolute atomic E-state index is 0.120. The predicted molar refractivity (Wildman–Crippen MR) is 125 cm³/mol. The van der Waals surface area contributed by atoms with Crippen LogP contribution < -0.4 is 5.73 Å². The Balaban J connectivity index is 4.45. The molecule has 230 valence electrons. The van der Waals surface area contributed by atoms with Gasteiger partial charge in [-0.25, -0.2) is 13.7 Å². The molecule has 0 bridgehead atoms. The van der Waals surface area contributed by atoms with Crippen LogP contribution in [0.5, 0.6) is 0 Å². The minimum Gasteiger partial charge on any atom is -0.388 e. The molecule has 0 aromatic rings. The Morgan fingerprint density at radius 2 is 0.868 bits per heavy atom. The summed E-state index contributed by atoms with van der Waals surface area (Å²) in [5.74, 6) is 0. The molecule has 0 aliphatic heterocycles. The van der Waals surface area contributed by atoms with E-state index < -0.39 is 86.5 Å². The third-order valence-corrected chi connectivity index (χ3v) is 6.99. The molecule has 19 nitrogen and oxygen atoms in total. The van der Waals surface area contributed by atoms with E-state index >= 15 is 0 Å². The van der Waals surface area contributed by atoms with Crippen LogP contribution in [-0.2, 0) is 36.3 Å². The van der Waals surface area contributed by atoms with E-state index in [1.165, 1.54) is 0 Å². The third kappa shape index (κ3) is 18.4. The summed E-state index contributed by atoms with van der Waals surface area (Å²) in [4.78, 5) is 36.2. The van der Waals surface area contributed by atoms with Crippen molar-refractivity contribution in [3.8, 4) is 0 Å². The normalized spacial score (nSPS) is 20.6. The van der Waals surface area contributed by atoms with Gasteiger partial charge in [0.25, 0.3) is 0 Å². The molecular formula is C16H38NO18P3. The summed E-state index contributed by atoms with van der Waals surface area (Å²) in [6.45, 7) is -3.94.